The summed E-state index contributed by atoms with van der Waals surface area (Å²) in [5.41, 5.74) is 0.442. The van der Waals surface area contributed by atoms with Gasteiger partial charge in [-0.05, 0) is 24.3 Å². The van der Waals surface area contributed by atoms with Crippen LogP contribution in [0.1, 0.15) is 5.56 Å². The molecule has 0 fully saturated rings. The minimum atomic E-state index is 0.307. The summed E-state index contributed by atoms with van der Waals surface area (Å²) in [6, 6.07) is 9.64. The number of rotatable bonds is 2. The molecule has 0 bridgehead atoms. The Morgan fingerprint density at radius 3 is 2.05 bits per heavy atom. The van der Waals surface area contributed by atoms with Crippen molar-refractivity contribution in [1.82, 2.24) is 0 Å². The molecule has 2 rings (SSSR count). The van der Waals surface area contributed by atoms with E-state index in [-0.39, 0.29) is 0 Å². The monoisotopic (exact) mass is 331 g/mol. The van der Waals surface area contributed by atoms with Crippen LogP contribution >= 0.6 is 46.4 Å². The second kappa shape index (κ2) is 5.90. The lowest BCUT2D eigenvalue weighted by Crippen LogP contribution is -1.88. The third-order valence-corrected chi connectivity index (χ3v) is 3.57. The van der Waals surface area contributed by atoms with Crippen LogP contribution in [-0.4, -0.2) is 0 Å². The Bertz CT molecular complexity index is 679. The summed E-state index contributed by atoms with van der Waals surface area (Å²) in [7, 11) is 0. The SMILES string of the molecule is N#Cc1ccc(Oc2cc(Cl)c(Cl)cc2Cl)c(Cl)c1. The van der Waals surface area contributed by atoms with Crippen LogP contribution in [0.25, 0.3) is 0 Å². The van der Waals surface area contributed by atoms with Crippen molar-refractivity contribution in [3.05, 3.63) is 56.0 Å². The molecule has 0 heterocycles. The molecule has 2 aromatic carbocycles. The van der Waals surface area contributed by atoms with E-state index in [9.17, 15) is 0 Å². The topological polar surface area (TPSA) is 33.0 Å². The van der Waals surface area contributed by atoms with Crippen molar-refractivity contribution < 1.29 is 4.74 Å². The van der Waals surface area contributed by atoms with Gasteiger partial charge in [0.15, 0.2) is 0 Å². The molecule has 2 nitrogen and oxygen atoms in total. The first-order chi connectivity index (χ1) is 9.01. The number of hydrogen-bond donors (Lipinski definition) is 0. The Morgan fingerprint density at radius 2 is 1.42 bits per heavy atom. The van der Waals surface area contributed by atoms with Crippen molar-refractivity contribution in [3.8, 4) is 17.6 Å². The Morgan fingerprint density at radius 1 is 0.789 bits per heavy atom. The first-order valence-corrected chi connectivity index (χ1v) is 6.54. The molecule has 0 aromatic heterocycles. The van der Waals surface area contributed by atoms with Crippen LogP contribution in [0.5, 0.6) is 11.5 Å². The van der Waals surface area contributed by atoms with Crippen molar-refractivity contribution in [2.45, 2.75) is 0 Å². The predicted octanol–water partition coefficient (Wildman–Crippen LogP) is 5.96. The average molecular weight is 333 g/mol. The van der Waals surface area contributed by atoms with Gasteiger partial charge in [-0.25, -0.2) is 0 Å². The summed E-state index contributed by atoms with van der Waals surface area (Å²) in [6.07, 6.45) is 0. The van der Waals surface area contributed by atoms with Gasteiger partial charge < -0.3 is 4.74 Å². The van der Waals surface area contributed by atoms with Gasteiger partial charge in [-0.3, -0.25) is 0 Å². The second-order valence-corrected chi connectivity index (χ2v) is 5.18. The summed E-state index contributed by atoms with van der Waals surface area (Å²) in [4.78, 5) is 0. The number of nitrogens with zero attached hydrogens (tertiary/aromatic N) is 1. The molecule has 0 atom stereocenters. The van der Waals surface area contributed by atoms with E-state index in [0.29, 0.717) is 37.2 Å². The van der Waals surface area contributed by atoms with E-state index in [4.69, 9.17) is 56.4 Å². The molecule has 0 aliphatic rings. The number of halogens is 4. The molecule has 0 amide bonds. The molecule has 0 radical (unpaired) electrons. The minimum Gasteiger partial charge on any atom is -0.454 e. The van der Waals surface area contributed by atoms with Gasteiger partial charge in [0.1, 0.15) is 11.5 Å². The van der Waals surface area contributed by atoms with Gasteiger partial charge in [0.2, 0.25) is 0 Å². The fourth-order valence-corrected chi connectivity index (χ4v) is 2.15. The Kier molecular flexibility index (Phi) is 4.44. The van der Waals surface area contributed by atoms with E-state index >= 15 is 0 Å². The normalized spacial score (nSPS) is 10.1. The largest absolute Gasteiger partial charge is 0.454 e. The van der Waals surface area contributed by atoms with Gasteiger partial charge in [0.25, 0.3) is 0 Å². The number of hydrogen-bond acceptors (Lipinski definition) is 2. The Hall–Kier alpha value is -1.11. The van der Waals surface area contributed by atoms with Crippen LogP contribution in [-0.2, 0) is 0 Å². The van der Waals surface area contributed by atoms with E-state index in [1.807, 2.05) is 6.07 Å². The van der Waals surface area contributed by atoms with Crippen LogP contribution in [0.3, 0.4) is 0 Å². The summed E-state index contributed by atoms with van der Waals surface area (Å²) in [6.45, 7) is 0. The van der Waals surface area contributed by atoms with Gasteiger partial charge >= 0.3 is 0 Å². The molecule has 0 aliphatic carbocycles. The standard InChI is InChI=1S/C13H5Cl4NO/c14-8-4-11(17)13(5-9(8)15)19-12-2-1-7(6-18)3-10(12)16/h1-5H. The number of benzene rings is 2. The molecule has 2 aromatic rings. The van der Waals surface area contributed by atoms with Gasteiger partial charge in [-0.2, -0.15) is 5.26 Å². The lowest BCUT2D eigenvalue weighted by molar-refractivity contribution is 0.483. The fraction of sp³-hybridized carbons (Fsp3) is 0. The summed E-state index contributed by atoms with van der Waals surface area (Å²) >= 11 is 23.7. The molecule has 0 saturated heterocycles. The highest BCUT2D eigenvalue weighted by Gasteiger charge is 2.10. The maximum Gasteiger partial charge on any atom is 0.147 e. The van der Waals surface area contributed by atoms with Crippen molar-refractivity contribution in [3.63, 3.8) is 0 Å². The molecule has 0 spiro atoms. The van der Waals surface area contributed by atoms with E-state index in [1.54, 1.807) is 12.1 Å². The van der Waals surface area contributed by atoms with Gasteiger partial charge in [-0.1, -0.05) is 46.4 Å². The van der Waals surface area contributed by atoms with Gasteiger partial charge in [0, 0.05) is 6.07 Å². The highest BCUT2D eigenvalue weighted by molar-refractivity contribution is 6.43. The summed E-state index contributed by atoms with van der Waals surface area (Å²) in [5, 5.41) is 10.0. The number of ether oxygens (including phenoxy) is 1. The van der Waals surface area contributed by atoms with Crippen LogP contribution in [0, 0.1) is 11.3 Å². The highest BCUT2D eigenvalue weighted by atomic mass is 35.5. The van der Waals surface area contributed by atoms with Crippen molar-refractivity contribution in [2.75, 3.05) is 0 Å². The molecule has 96 valence electrons. The number of nitriles is 1. The third-order valence-electron chi connectivity index (χ3n) is 2.26. The highest BCUT2D eigenvalue weighted by Crippen LogP contribution is 2.38. The molecule has 19 heavy (non-hydrogen) atoms. The molecular weight excluding hydrogens is 328 g/mol. The first kappa shape index (κ1) is 14.3. The van der Waals surface area contributed by atoms with E-state index in [2.05, 4.69) is 0 Å². The van der Waals surface area contributed by atoms with Crippen LogP contribution in [0.2, 0.25) is 20.1 Å². The van der Waals surface area contributed by atoms with Crippen molar-refractivity contribution >= 4 is 46.4 Å². The lowest BCUT2D eigenvalue weighted by atomic mass is 10.2. The quantitative estimate of drug-likeness (QED) is 0.635. The first-order valence-electron chi connectivity index (χ1n) is 5.03. The second-order valence-electron chi connectivity index (χ2n) is 3.56. The Labute approximate surface area is 130 Å². The molecule has 0 saturated carbocycles. The molecule has 0 unspecified atom stereocenters. The fourth-order valence-electron chi connectivity index (χ4n) is 1.35. The molecular formula is C13H5Cl4NO. The van der Waals surface area contributed by atoms with Crippen LogP contribution in [0.15, 0.2) is 30.3 Å². The van der Waals surface area contributed by atoms with E-state index in [0.717, 1.165) is 0 Å². The van der Waals surface area contributed by atoms with Crippen molar-refractivity contribution in [2.24, 2.45) is 0 Å². The maximum absolute atomic E-state index is 8.75. The van der Waals surface area contributed by atoms with Gasteiger partial charge in [0.05, 0.1) is 31.7 Å². The lowest BCUT2D eigenvalue weighted by Gasteiger charge is -2.10. The Balaban J connectivity index is 2.37. The maximum atomic E-state index is 8.75. The van der Waals surface area contributed by atoms with Crippen molar-refractivity contribution in [1.29, 1.82) is 5.26 Å². The smallest absolute Gasteiger partial charge is 0.147 e. The van der Waals surface area contributed by atoms with E-state index in [1.165, 1.54) is 18.2 Å². The summed E-state index contributed by atoms with van der Waals surface area (Å²) < 4.78 is 5.56. The zero-order valence-corrected chi connectivity index (χ0v) is 12.3. The average Bonchev–Trinajstić information content (AvgIpc) is 2.38. The molecule has 0 N–H and O–H groups in total. The molecule has 6 heteroatoms. The van der Waals surface area contributed by atoms with Crippen LogP contribution < -0.4 is 4.74 Å². The van der Waals surface area contributed by atoms with Gasteiger partial charge in [-0.15, -0.1) is 0 Å². The zero-order chi connectivity index (χ0) is 14.0. The molecule has 0 aliphatic heterocycles. The minimum absolute atomic E-state index is 0.307. The van der Waals surface area contributed by atoms with E-state index < -0.39 is 0 Å². The third kappa shape index (κ3) is 3.26. The zero-order valence-electron chi connectivity index (χ0n) is 9.25. The summed E-state index contributed by atoms with van der Waals surface area (Å²) in [5.74, 6) is 0.712. The van der Waals surface area contributed by atoms with Crippen LogP contribution in [0.4, 0.5) is 0 Å². The predicted molar refractivity (Wildman–Crippen MR) is 77.7 cm³/mol.